The first kappa shape index (κ1) is 25.3. The molecule has 0 aromatic heterocycles. The number of carbonyl (C=O) groups is 1. The van der Waals surface area contributed by atoms with Crippen molar-refractivity contribution in [1.82, 2.24) is 9.80 Å². The zero-order chi connectivity index (χ0) is 27.3. The molecule has 1 amide bonds. The van der Waals surface area contributed by atoms with Crippen molar-refractivity contribution < 1.29 is 19.0 Å². The molecule has 1 aromatic rings. The van der Waals surface area contributed by atoms with Crippen molar-refractivity contribution in [3.8, 4) is 0 Å². The molecule has 0 radical (unpaired) electrons. The van der Waals surface area contributed by atoms with Crippen LogP contribution in [0.5, 0.6) is 0 Å². The van der Waals surface area contributed by atoms with Gasteiger partial charge in [0.1, 0.15) is 16.9 Å². The molecule has 5 heterocycles. The summed E-state index contributed by atoms with van der Waals surface area (Å²) in [5, 5.41) is 0. The molecule has 8 rings (SSSR count). The van der Waals surface area contributed by atoms with Gasteiger partial charge in [0.15, 0.2) is 0 Å². The van der Waals surface area contributed by atoms with Crippen molar-refractivity contribution in [3.05, 3.63) is 71.0 Å². The van der Waals surface area contributed by atoms with Crippen LogP contribution >= 0.6 is 0 Å². The van der Waals surface area contributed by atoms with Gasteiger partial charge in [0, 0.05) is 31.0 Å². The molecule has 5 fully saturated rings. The highest BCUT2D eigenvalue weighted by atomic mass is 16.5. The van der Waals surface area contributed by atoms with Gasteiger partial charge in [0.25, 0.3) is 0 Å². The molecular formula is C34H42N2O4. The summed E-state index contributed by atoms with van der Waals surface area (Å²) in [4.78, 5) is 19.6. The van der Waals surface area contributed by atoms with E-state index < -0.39 is 11.1 Å². The van der Waals surface area contributed by atoms with Crippen LogP contribution in [0.15, 0.2) is 65.5 Å². The third-order valence-corrected chi connectivity index (χ3v) is 11.9. The first-order valence-electron chi connectivity index (χ1n) is 15.5. The molecule has 8 atom stereocenters. The van der Waals surface area contributed by atoms with Gasteiger partial charge in [-0.25, -0.2) is 0 Å². The summed E-state index contributed by atoms with van der Waals surface area (Å²) in [5.74, 6) is 1.84. The average molecular weight is 543 g/mol. The number of benzene rings is 1. The molecule has 1 saturated carbocycles. The lowest BCUT2D eigenvalue weighted by atomic mass is 9.52. The van der Waals surface area contributed by atoms with E-state index in [0.29, 0.717) is 30.9 Å². The molecule has 0 N–H and O–H groups in total. The van der Waals surface area contributed by atoms with Gasteiger partial charge >= 0.3 is 0 Å². The van der Waals surface area contributed by atoms with Gasteiger partial charge in [0.05, 0.1) is 32.3 Å². The maximum Gasteiger partial charge on any atom is 0.226 e. The Morgan fingerprint density at radius 2 is 1.98 bits per heavy atom. The molecule has 6 nitrogen and oxygen atoms in total. The lowest BCUT2D eigenvalue weighted by Gasteiger charge is -2.58. The number of ether oxygens (including phenoxy) is 3. The van der Waals surface area contributed by atoms with Crippen LogP contribution in [0.4, 0.5) is 0 Å². The number of hydrogen-bond donors (Lipinski definition) is 0. The van der Waals surface area contributed by atoms with Gasteiger partial charge in [0.2, 0.25) is 5.91 Å². The molecule has 1 spiro atoms. The highest BCUT2D eigenvalue weighted by molar-refractivity contribution is 5.83. The second kappa shape index (κ2) is 8.80. The Bertz CT molecular complexity index is 1320. The first-order valence-corrected chi connectivity index (χ1v) is 15.5. The predicted octanol–water partition coefficient (Wildman–Crippen LogP) is 4.97. The largest absolute Gasteiger partial charge is 0.498 e. The zero-order valence-corrected chi connectivity index (χ0v) is 24.1. The van der Waals surface area contributed by atoms with E-state index >= 15 is 0 Å². The summed E-state index contributed by atoms with van der Waals surface area (Å²) in [6.45, 7) is 4.99. The Hall–Kier alpha value is -2.41. The Labute approximate surface area is 238 Å². The van der Waals surface area contributed by atoms with Gasteiger partial charge in [-0.2, -0.15) is 0 Å². The monoisotopic (exact) mass is 542 g/mol. The standard InChI is InChI=1S/C34H42N2O4/c1-4-5-9-13-32(39-3)19-26-33-14-15-35-21-22-12-16-40-25-18-29(37)36(31(33)30(25)24(22)17-27(33)35)34(26,20-28(32)38-2)23-10-7-6-8-11-23/h6-8,10-12,19-20,24-25,27,30-31H,4-5,9,13-18,21H2,1-3H3/t24-,25-,27-,30-,31-,32-,33+,34?/m0/s1. The second-order valence-corrected chi connectivity index (χ2v) is 13.2. The number of hydrogen-bond acceptors (Lipinski definition) is 5. The van der Waals surface area contributed by atoms with Crippen molar-refractivity contribution in [2.75, 3.05) is 33.9 Å². The van der Waals surface area contributed by atoms with E-state index in [0.717, 1.165) is 62.9 Å². The summed E-state index contributed by atoms with van der Waals surface area (Å²) >= 11 is 0. The van der Waals surface area contributed by atoms with E-state index in [1.165, 1.54) is 5.57 Å². The summed E-state index contributed by atoms with van der Waals surface area (Å²) < 4.78 is 19.3. The van der Waals surface area contributed by atoms with E-state index in [4.69, 9.17) is 14.2 Å². The predicted molar refractivity (Wildman–Crippen MR) is 152 cm³/mol. The molecule has 212 valence electrons. The Morgan fingerprint density at radius 1 is 1.12 bits per heavy atom. The van der Waals surface area contributed by atoms with Crippen LogP contribution in [0.2, 0.25) is 0 Å². The highest BCUT2D eigenvalue weighted by Gasteiger charge is 2.77. The SMILES string of the molecule is CCCCC[C@]1(OC)C=C2C(c3ccccc3)(C=C1OC)N1C(=O)C[C@@H]3OCC=C4CN5CC[C@]26[C@@H]5C[C@@H]4[C@@H]3[C@H]16. The number of nitrogens with zero attached hydrogens (tertiary/aromatic N) is 2. The van der Waals surface area contributed by atoms with Crippen LogP contribution in [0.1, 0.15) is 57.4 Å². The topological polar surface area (TPSA) is 51.2 Å². The normalized spacial score (nSPS) is 42.6. The van der Waals surface area contributed by atoms with E-state index in [2.05, 4.69) is 65.3 Å². The molecule has 40 heavy (non-hydrogen) atoms. The summed E-state index contributed by atoms with van der Waals surface area (Å²) in [7, 11) is 3.60. The van der Waals surface area contributed by atoms with Crippen LogP contribution in [0.25, 0.3) is 0 Å². The van der Waals surface area contributed by atoms with Crippen LogP contribution in [-0.4, -0.2) is 73.4 Å². The quantitative estimate of drug-likeness (QED) is 0.360. The Balaban J connectivity index is 1.43. The fraction of sp³-hybridized carbons (Fsp3) is 0.618. The maximum absolute atomic E-state index is 14.6. The summed E-state index contributed by atoms with van der Waals surface area (Å²) in [6.07, 6.45) is 14.0. The third kappa shape index (κ3) is 2.93. The maximum atomic E-state index is 14.6. The van der Waals surface area contributed by atoms with Gasteiger partial charge in [-0.1, -0.05) is 61.7 Å². The van der Waals surface area contributed by atoms with Crippen LogP contribution < -0.4 is 0 Å². The van der Waals surface area contributed by atoms with Gasteiger partial charge in [-0.05, 0) is 61.4 Å². The van der Waals surface area contributed by atoms with E-state index in [1.807, 2.05) is 7.11 Å². The molecule has 5 aliphatic heterocycles. The van der Waals surface area contributed by atoms with Crippen LogP contribution in [-0.2, 0) is 24.5 Å². The van der Waals surface area contributed by atoms with Crippen molar-refractivity contribution in [2.45, 2.75) is 81.2 Å². The lowest BCUT2D eigenvalue weighted by Crippen LogP contribution is -2.67. The molecular weight excluding hydrogens is 500 g/mol. The Kier molecular flexibility index (Phi) is 5.57. The summed E-state index contributed by atoms with van der Waals surface area (Å²) in [6, 6.07) is 11.3. The minimum Gasteiger partial charge on any atom is -0.498 e. The number of amides is 1. The van der Waals surface area contributed by atoms with Crippen molar-refractivity contribution in [1.29, 1.82) is 0 Å². The smallest absolute Gasteiger partial charge is 0.226 e. The van der Waals surface area contributed by atoms with Crippen molar-refractivity contribution in [3.63, 3.8) is 0 Å². The van der Waals surface area contributed by atoms with Gasteiger partial charge in [-0.15, -0.1) is 0 Å². The number of methoxy groups -OCH3 is 2. The second-order valence-electron chi connectivity index (χ2n) is 13.2. The number of carbonyl (C=O) groups excluding carboxylic acids is 1. The molecule has 2 bridgehead atoms. The number of fused-ring (bicyclic) bond motifs is 2. The fourth-order valence-electron chi connectivity index (χ4n) is 10.5. The van der Waals surface area contributed by atoms with E-state index in [-0.39, 0.29) is 23.5 Å². The average Bonchev–Trinajstić information content (AvgIpc) is 3.43. The number of rotatable bonds is 7. The molecule has 4 saturated heterocycles. The van der Waals surface area contributed by atoms with Crippen LogP contribution in [0, 0.1) is 17.3 Å². The molecule has 1 aromatic carbocycles. The minimum absolute atomic E-state index is 0.0198. The first-order chi connectivity index (χ1) is 19.5. The van der Waals surface area contributed by atoms with Crippen molar-refractivity contribution in [2.24, 2.45) is 17.3 Å². The van der Waals surface area contributed by atoms with Crippen LogP contribution in [0.3, 0.4) is 0 Å². The Morgan fingerprint density at radius 3 is 2.75 bits per heavy atom. The number of unbranched alkanes of at least 4 members (excludes halogenated alkanes) is 2. The highest BCUT2D eigenvalue weighted by Crippen LogP contribution is 2.72. The number of piperidine rings is 2. The van der Waals surface area contributed by atoms with Crippen molar-refractivity contribution >= 4 is 5.91 Å². The van der Waals surface area contributed by atoms with Gasteiger partial charge in [-0.3, -0.25) is 9.69 Å². The van der Waals surface area contributed by atoms with E-state index in [9.17, 15) is 4.79 Å². The molecule has 7 aliphatic rings. The minimum atomic E-state index is -0.685. The van der Waals surface area contributed by atoms with E-state index in [1.54, 1.807) is 12.7 Å². The summed E-state index contributed by atoms with van der Waals surface area (Å²) in [5.41, 5.74) is 2.64. The zero-order valence-electron chi connectivity index (χ0n) is 24.1. The molecule has 6 heteroatoms. The third-order valence-electron chi connectivity index (χ3n) is 11.9. The molecule has 2 aliphatic carbocycles. The lowest BCUT2D eigenvalue weighted by molar-refractivity contribution is -0.165. The fourth-order valence-corrected chi connectivity index (χ4v) is 10.5. The molecule has 1 unspecified atom stereocenters. The van der Waals surface area contributed by atoms with Gasteiger partial charge < -0.3 is 19.1 Å².